The predicted molar refractivity (Wildman–Crippen MR) is 259 cm³/mol. The molecule has 1 unspecified atom stereocenters. The van der Waals surface area contributed by atoms with E-state index in [4.69, 9.17) is 29.4 Å². The summed E-state index contributed by atoms with van der Waals surface area (Å²) in [6.45, 7) is 3.97. The molecule has 370 valence electrons. The van der Waals surface area contributed by atoms with Gasteiger partial charge in [0.1, 0.15) is 12.1 Å². The molecule has 0 rings (SSSR count). The molecular weight excluding hydrogens is 802 g/mol. The predicted octanol–water partition coefficient (Wildman–Crippen LogP) is 15.5. The van der Waals surface area contributed by atoms with Gasteiger partial charge in [0.2, 0.25) is 0 Å². The number of esters is 1. The van der Waals surface area contributed by atoms with Crippen LogP contribution in [0.15, 0.2) is 0 Å². The topological polar surface area (TPSA) is 155 Å². The molecule has 0 bridgehead atoms. The second-order valence-corrected chi connectivity index (χ2v) is 19.8. The van der Waals surface area contributed by atoms with E-state index in [0.29, 0.717) is 6.61 Å². The van der Waals surface area contributed by atoms with Gasteiger partial charge in [0.25, 0.3) is 0 Å². The van der Waals surface area contributed by atoms with Crippen LogP contribution in [0.4, 0.5) is 0 Å². The fourth-order valence-corrected chi connectivity index (χ4v) is 8.80. The van der Waals surface area contributed by atoms with Crippen molar-refractivity contribution in [2.45, 2.75) is 289 Å². The van der Waals surface area contributed by atoms with E-state index in [1.165, 1.54) is 218 Å². The van der Waals surface area contributed by atoms with Crippen LogP contribution >= 0.6 is 7.82 Å². The van der Waals surface area contributed by atoms with Crippen molar-refractivity contribution >= 4 is 19.8 Å². The van der Waals surface area contributed by atoms with E-state index >= 15 is 0 Å². The van der Waals surface area contributed by atoms with Gasteiger partial charge in [-0.05, 0) is 12.8 Å². The average molecular weight is 904 g/mol. The first kappa shape index (κ1) is 61.0. The van der Waals surface area contributed by atoms with Gasteiger partial charge in [-0.25, -0.2) is 4.57 Å². The first-order valence-electron chi connectivity index (χ1n) is 26.6. The number of carbonyl (C=O) groups excluding carboxylic acids is 1. The third kappa shape index (κ3) is 46.9. The molecule has 0 aliphatic heterocycles. The molecule has 0 amide bonds. The van der Waals surface area contributed by atoms with E-state index < -0.39 is 45.1 Å². The lowest BCUT2D eigenvalue weighted by Gasteiger charge is -2.20. The lowest BCUT2D eigenvalue weighted by molar-refractivity contribution is -0.154. The first-order valence-corrected chi connectivity index (χ1v) is 28.1. The van der Waals surface area contributed by atoms with Crippen molar-refractivity contribution in [3.63, 3.8) is 0 Å². The van der Waals surface area contributed by atoms with Gasteiger partial charge in [-0.2, -0.15) is 0 Å². The number of carboxylic acids is 1. The van der Waals surface area contributed by atoms with Crippen molar-refractivity contribution in [3.8, 4) is 0 Å². The summed E-state index contributed by atoms with van der Waals surface area (Å²) in [5, 5.41) is 8.93. The lowest BCUT2D eigenvalue weighted by Crippen LogP contribution is -2.34. The van der Waals surface area contributed by atoms with Crippen molar-refractivity contribution in [2.75, 3.05) is 26.4 Å². The molecule has 62 heavy (non-hydrogen) atoms. The summed E-state index contributed by atoms with van der Waals surface area (Å²) in [4.78, 5) is 33.7. The van der Waals surface area contributed by atoms with E-state index in [1.807, 2.05) is 0 Å². The van der Waals surface area contributed by atoms with E-state index in [-0.39, 0.29) is 13.0 Å². The molecular formula is C51H102NO9P. The number of aliphatic carboxylic acids is 1. The Morgan fingerprint density at radius 3 is 1.06 bits per heavy atom. The summed E-state index contributed by atoms with van der Waals surface area (Å²) < 4.78 is 33.6. The number of rotatable bonds is 52. The maximum absolute atomic E-state index is 12.7. The van der Waals surface area contributed by atoms with Gasteiger partial charge >= 0.3 is 19.8 Å². The summed E-state index contributed by atoms with van der Waals surface area (Å²) in [6, 6.07) is -1.47. The molecule has 3 atom stereocenters. The molecule has 4 N–H and O–H groups in total. The van der Waals surface area contributed by atoms with E-state index in [9.17, 15) is 19.0 Å². The Balaban J connectivity index is 4.06. The molecule has 0 aliphatic rings. The zero-order valence-electron chi connectivity index (χ0n) is 40.8. The lowest BCUT2D eigenvalue weighted by atomic mass is 10.0. The second kappa shape index (κ2) is 47.9. The minimum absolute atomic E-state index is 0.0265. The standard InChI is InChI=1S/C51H102NO9P/c1-3-5-7-9-11-13-15-17-19-21-23-25-27-29-31-33-35-37-39-41-43-50(53)61-48(46-59-62(56,57)60-47-49(52)51(54)55)45-58-44-42-40-38-36-34-32-30-28-26-24-22-20-18-16-14-12-10-8-6-4-2/h48-49H,3-47,52H2,1-2H3,(H,54,55)(H,56,57)/t48-,49+/m1/s1. The van der Waals surface area contributed by atoms with Crippen LogP contribution in [0.3, 0.4) is 0 Å². The van der Waals surface area contributed by atoms with Crippen molar-refractivity contribution in [3.05, 3.63) is 0 Å². The van der Waals surface area contributed by atoms with Crippen molar-refractivity contribution < 1.29 is 42.7 Å². The number of hydrogen-bond acceptors (Lipinski definition) is 8. The zero-order valence-corrected chi connectivity index (χ0v) is 41.6. The molecule has 0 saturated heterocycles. The third-order valence-electron chi connectivity index (χ3n) is 12.1. The number of hydrogen-bond donors (Lipinski definition) is 3. The van der Waals surface area contributed by atoms with E-state index in [2.05, 4.69) is 13.8 Å². The number of phosphoric ester groups is 1. The molecule has 10 nitrogen and oxygen atoms in total. The van der Waals surface area contributed by atoms with Crippen LogP contribution in [-0.4, -0.2) is 60.5 Å². The zero-order chi connectivity index (χ0) is 45.5. The minimum atomic E-state index is -4.61. The number of carboxylic acid groups (broad SMARTS) is 1. The van der Waals surface area contributed by atoms with E-state index in [1.54, 1.807) is 0 Å². The third-order valence-corrected chi connectivity index (χ3v) is 13.1. The number of phosphoric acid groups is 1. The number of nitrogens with two attached hydrogens (primary N) is 1. The van der Waals surface area contributed by atoms with Crippen molar-refractivity contribution in [2.24, 2.45) is 5.73 Å². The van der Waals surface area contributed by atoms with Crippen molar-refractivity contribution in [1.82, 2.24) is 0 Å². The molecule has 11 heteroatoms. The highest BCUT2D eigenvalue weighted by atomic mass is 31.2. The van der Waals surface area contributed by atoms with Gasteiger partial charge in [-0.1, -0.05) is 258 Å². The van der Waals surface area contributed by atoms with Crippen LogP contribution in [0.5, 0.6) is 0 Å². The summed E-state index contributed by atoms with van der Waals surface area (Å²) in [5.41, 5.74) is 5.38. The Morgan fingerprint density at radius 2 is 0.742 bits per heavy atom. The molecule has 0 saturated carbocycles. The Morgan fingerprint density at radius 1 is 0.452 bits per heavy atom. The highest BCUT2D eigenvalue weighted by Gasteiger charge is 2.27. The van der Waals surface area contributed by atoms with Crippen LogP contribution in [0.1, 0.15) is 277 Å². The van der Waals surface area contributed by atoms with Crippen LogP contribution in [-0.2, 0) is 32.7 Å². The molecule has 0 aromatic heterocycles. The highest BCUT2D eigenvalue weighted by Crippen LogP contribution is 2.43. The van der Waals surface area contributed by atoms with Crippen LogP contribution < -0.4 is 5.73 Å². The van der Waals surface area contributed by atoms with Gasteiger partial charge < -0.3 is 25.2 Å². The van der Waals surface area contributed by atoms with Gasteiger partial charge in [0, 0.05) is 13.0 Å². The summed E-state index contributed by atoms with van der Waals surface area (Å²) >= 11 is 0. The number of carbonyl (C=O) groups is 2. The maximum atomic E-state index is 12.7. The Hall–Kier alpha value is -1.03. The fourth-order valence-electron chi connectivity index (χ4n) is 8.02. The Bertz CT molecular complexity index is 1000. The molecule has 0 aromatic carbocycles. The maximum Gasteiger partial charge on any atom is 0.472 e. The Kier molecular flexibility index (Phi) is 47.1. The molecule has 0 heterocycles. The highest BCUT2D eigenvalue weighted by molar-refractivity contribution is 7.47. The van der Waals surface area contributed by atoms with Crippen LogP contribution in [0, 0.1) is 0 Å². The molecule has 0 aromatic rings. The largest absolute Gasteiger partial charge is 0.480 e. The molecule has 0 spiro atoms. The smallest absolute Gasteiger partial charge is 0.472 e. The van der Waals surface area contributed by atoms with Gasteiger partial charge in [0.05, 0.1) is 19.8 Å². The quantitative estimate of drug-likeness (QED) is 0.0305. The normalized spacial score (nSPS) is 13.6. The Labute approximate surface area is 382 Å². The molecule has 0 radical (unpaired) electrons. The summed E-state index contributed by atoms with van der Waals surface area (Å²) in [6.07, 6.45) is 51.6. The second-order valence-electron chi connectivity index (χ2n) is 18.4. The fraction of sp³-hybridized carbons (Fsp3) is 0.961. The van der Waals surface area contributed by atoms with Gasteiger partial charge in [0.15, 0.2) is 0 Å². The number of ether oxygens (including phenoxy) is 2. The average Bonchev–Trinajstić information content (AvgIpc) is 3.25. The molecule has 0 fully saturated rings. The van der Waals surface area contributed by atoms with Crippen LogP contribution in [0.2, 0.25) is 0 Å². The SMILES string of the molecule is CCCCCCCCCCCCCCCCCCCCCCOC[C@H](COP(=O)(O)OC[C@H](N)C(=O)O)OC(=O)CCCCCCCCCCCCCCCCCCCCCC. The molecule has 0 aliphatic carbocycles. The summed E-state index contributed by atoms with van der Waals surface area (Å²) in [5.74, 6) is -1.76. The van der Waals surface area contributed by atoms with Gasteiger partial charge in [-0.15, -0.1) is 0 Å². The monoisotopic (exact) mass is 904 g/mol. The van der Waals surface area contributed by atoms with E-state index in [0.717, 1.165) is 38.5 Å². The number of unbranched alkanes of at least 4 members (excludes halogenated alkanes) is 38. The first-order chi connectivity index (χ1) is 30.2. The van der Waals surface area contributed by atoms with Gasteiger partial charge in [-0.3, -0.25) is 18.6 Å². The van der Waals surface area contributed by atoms with Crippen molar-refractivity contribution in [1.29, 1.82) is 0 Å². The minimum Gasteiger partial charge on any atom is -0.480 e. The summed E-state index contributed by atoms with van der Waals surface area (Å²) in [7, 11) is -4.61. The van der Waals surface area contributed by atoms with Crippen LogP contribution in [0.25, 0.3) is 0 Å².